The van der Waals surface area contributed by atoms with Crippen molar-refractivity contribution in [3.8, 4) is 0 Å². The van der Waals surface area contributed by atoms with Crippen LogP contribution in [0.15, 0.2) is 60.7 Å². The molecule has 4 rings (SSSR count). The van der Waals surface area contributed by atoms with Crippen LogP contribution in [-0.4, -0.2) is 58.5 Å². The predicted molar refractivity (Wildman–Crippen MR) is 120 cm³/mol. The van der Waals surface area contributed by atoms with Gasteiger partial charge in [0.15, 0.2) is 10.2 Å². The molecule has 0 aliphatic carbocycles. The molecule has 0 aromatic heterocycles. The van der Waals surface area contributed by atoms with Crippen LogP contribution in [0.3, 0.4) is 0 Å². The lowest BCUT2D eigenvalue weighted by molar-refractivity contribution is -0.920. The number of quaternary nitrogens is 2. The van der Waals surface area contributed by atoms with E-state index in [1.54, 1.807) is 0 Å². The molecule has 0 bridgehead atoms. The third-order valence-electron chi connectivity index (χ3n) is 5.17. The maximum Gasteiger partial charge on any atom is 0.250 e. The van der Waals surface area contributed by atoms with Crippen LogP contribution in [0.4, 0.5) is 11.4 Å². The average molecular weight is 415 g/mol. The molecule has 8 heteroatoms. The van der Waals surface area contributed by atoms with E-state index in [0.717, 1.165) is 47.8 Å². The summed E-state index contributed by atoms with van der Waals surface area (Å²) < 4.78 is 0. The van der Waals surface area contributed by atoms with Gasteiger partial charge in [-0.2, -0.15) is 0 Å². The highest BCUT2D eigenvalue weighted by atomic mass is 32.1. The zero-order chi connectivity index (χ0) is 19.3. The number of thiocarbonyl (C=S) groups is 2. The lowest BCUT2D eigenvalue weighted by Gasteiger charge is -2.47. The van der Waals surface area contributed by atoms with Crippen molar-refractivity contribution in [2.75, 3.05) is 36.8 Å². The van der Waals surface area contributed by atoms with E-state index in [-0.39, 0.29) is 6.17 Å². The van der Waals surface area contributed by atoms with Gasteiger partial charge in [0, 0.05) is 11.4 Å². The summed E-state index contributed by atoms with van der Waals surface area (Å²) in [7, 11) is 0. The third kappa shape index (κ3) is 4.25. The topological polar surface area (TPSA) is 63.8 Å². The Hall–Kier alpha value is -2.26. The Balaban J connectivity index is 1.52. The normalized spacial score (nSPS) is 21.6. The first-order valence-electron chi connectivity index (χ1n) is 9.64. The second-order valence-corrected chi connectivity index (χ2v) is 7.79. The molecule has 0 spiro atoms. The Morgan fingerprint density at radius 1 is 0.750 bits per heavy atom. The van der Waals surface area contributed by atoms with E-state index in [1.807, 2.05) is 60.7 Å². The van der Waals surface area contributed by atoms with Crippen LogP contribution >= 0.6 is 24.4 Å². The highest BCUT2D eigenvalue weighted by Crippen LogP contribution is 2.16. The Morgan fingerprint density at radius 2 is 1.18 bits per heavy atom. The zero-order valence-electron chi connectivity index (χ0n) is 15.6. The molecule has 2 heterocycles. The van der Waals surface area contributed by atoms with Gasteiger partial charge in [0.2, 0.25) is 6.17 Å². The molecule has 2 fully saturated rings. The fraction of sp³-hybridized carbons (Fsp3) is 0.300. The molecule has 2 saturated heterocycles. The van der Waals surface area contributed by atoms with E-state index in [1.165, 1.54) is 0 Å². The smallest absolute Gasteiger partial charge is 0.250 e. The summed E-state index contributed by atoms with van der Waals surface area (Å²) in [5.41, 5.74) is 2.02. The van der Waals surface area contributed by atoms with Gasteiger partial charge in [-0.25, -0.2) is 0 Å². The Morgan fingerprint density at radius 3 is 1.61 bits per heavy atom. The molecule has 2 aromatic carbocycles. The molecule has 0 radical (unpaired) electrons. The van der Waals surface area contributed by atoms with Crippen molar-refractivity contribution in [2.24, 2.45) is 0 Å². The average Bonchev–Trinajstić information content (AvgIpc) is 2.74. The minimum atomic E-state index is 0.106. The second-order valence-electron chi connectivity index (χ2n) is 7.02. The molecule has 0 atom stereocenters. The summed E-state index contributed by atoms with van der Waals surface area (Å²) >= 11 is 11.6. The summed E-state index contributed by atoms with van der Waals surface area (Å²) in [5.74, 6) is 0. The van der Waals surface area contributed by atoms with Gasteiger partial charge in [0.05, 0.1) is 26.2 Å². The molecule has 6 N–H and O–H groups in total. The molecular weight excluding hydrogens is 388 g/mol. The summed E-state index contributed by atoms with van der Waals surface area (Å²) in [4.78, 5) is 4.56. The maximum atomic E-state index is 5.79. The minimum absolute atomic E-state index is 0.106. The number of benzene rings is 2. The minimum Gasteiger partial charge on any atom is -0.333 e. The van der Waals surface area contributed by atoms with Crippen LogP contribution in [0.1, 0.15) is 0 Å². The van der Waals surface area contributed by atoms with Crippen LogP contribution in [0.5, 0.6) is 0 Å². The van der Waals surface area contributed by atoms with E-state index in [2.05, 4.69) is 31.1 Å². The van der Waals surface area contributed by atoms with Crippen molar-refractivity contribution in [1.29, 1.82) is 0 Å². The van der Waals surface area contributed by atoms with Crippen LogP contribution in [0, 0.1) is 0 Å². The molecule has 6 nitrogen and oxygen atoms in total. The summed E-state index contributed by atoms with van der Waals surface area (Å²) in [5, 5.41) is 13.1. The van der Waals surface area contributed by atoms with E-state index >= 15 is 0 Å². The number of hydrogen-bond donors (Lipinski definition) is 4. The summed E-state index contributed by atoms with van der Waals surface area (Å²) in [6.07, 6.45) is 0.448. The molecule has 0 amide bonds. The van der Waals surface area contributed by atoms with Gasteiger partial charge in [0.25, 0.3) is 6.17 Å². The van der Waals surface area contributed by atoms with Gasteiger partial charge in [-0.15, -0.1) is 0 Å². The molecular formula is C20H26N6S2+2. The van der Waals surface area contributed by atoms with Crippen LogP contribution in [0.2, 0.25) is 0 Å². The van der Waals surface area contributed by atoms with Gasteiger partial charge in [-0.05, 0) is 48.7 Å². The van der Waals surface area contributed by atoms with E-state index < -0.39 is 0 Å². The molecule has 2 aliphatic rings. The monoisotopic (exact) mass is 414 g/mol. The molecule has 2 aliphatic heterocycles. The van der Waals surface area contributed by atoms with Crippen molar-refractivity contribution in [1.82, 2.24) is 9.80 Å². The van der Waals surface area contributed by atoms with Gasteiger partial charge in [0.1, 0.15) is 0 Å². The molecule has 28 heavy (non-hydrogen) atoms. The maximum absolute atomic E-state index is 5.79. The number of nitrogens with two attached hydrogens (primary N) is 2. The quantitative estimate of drug-likeness (QED) is 0.527. The number of nitrogens with zero attached hydrogens (tertiary/aromatic N) is 2. The van der Waals surface area contributed by atoms with Gasteiger partial charge in [-0.1, -0.05) is 36.4 Å². The molecule has 0 saturated carbocycles. The Labute approximate surface area is 176 Å². The number of anilines is 2. The number of nitrogens with one attached hydrogen (secondary N) is 2. The van der Waals surface area contributed by atoms with E-state index in [4.69, 9.17) is 24.4 Å². The van der Waals surface area contributed by atoms with E-state index in [9.17, 15) is 0 Å². The Bertz CT molecular complexity index is 748. The van der Waals surface area contributed by atoms with Crippen molar-refractivity contribution >= 4 is 46.0 Å². The highest BCUT2D eigenvalue weighted by Gasteiger charge is 2.46. The number of fused-ring (bicyclic) bond motifs is 1. The van der Waals surface area contributed by atoms with Crippen molar-refractivity contribution < 1.29 is 10.6 Å². The van der Waals surface area contributed by atoms with Crippen LogP contribution < -0.4 is 21.3 Å². The fourth-order valence-electron chi connectivity index (χ4n) is 3.88. The molecule has 146 valence electrons. The first-order valence-corrected chi connectivity index (χ1v) is 10.5. The number of hydrogen-bond acceptors (Lipinski definition) is 2. The SMILES string of the molecule is S=C(Nc1ccccc1)N1CC[NH2+]C2[NH2+]CCN(C(=S)Nc3ccccc3)C21. The molecule has 2 aromatic rings. The highest BCUT2D eigenvalue weighted by molar-refractivity contribution is 7.80. The van der Waals surface area contributed by atoms with Crippen LogP contribution in [0.25, 0.3) is 0 Å². The number of piperazine rings is 2. The van der Waals surface area contributed by atoms with Gasteiger partial charge >= 0.3 is 0 Å². The number of para-hydroxylation sites is 2. The first kappa shape index (κ1) is 19.1. The number of rotatable bonds is 2. The van der Waals surface area contributed by atoms with Crippen molar-refractivity contribution in [3.05, 3.63) is 60.7 Å². The van der Waals surface area contributed by atoms with Gasteiger partial charge in [-0.3, -0.25) is 10.6 Å². The first-order chi connectivity index (χ1) is 13.7. The predicted octanol–water partition coefficient (Wildman–Crippen LogP) is 0.191. The standard InChI is InChI=1S/C20H24N6S2/c27-19(23-15-7-3-1-4-8-15)25-13-11-21-17-18(25)26(14-12-22-17)20(28)24-16-9-5-2-6-10-16/h1-10,17-18,21-22H,11-14H2,(H,23,27)(H,24,28)/p+2. The lowest BCUT2D eigenvalue weighted by atomic mass is 10.1. The van der Waals surface area contributed by atoms with Crippen LogP contribution in [-0.2, 0) is 0 Å². The third-order valence-corrected chi connectivity index (χ3v) is 5.85. The van der Waals surface area contributed by atoms with Gasteiger partial charge < -0.3 is 20.4 Å². The summed E-state index contributed by atoms with van der Waals surface area (Å²) in [6, 6.07) is 20.2. The molecule has 0 unspecified atom stereocenters. The largest absolute Gasteiger partial charge is 0.333 e. The van der Waals surface area contributed by atoms with E-state index in [0.29, 0.717) is 6.17 Å². The second kappa shape index (κ2) is 8.83. The van der Waals surface area contributed by atoms with Crippen molar-refractivity contribution in [2.45, 2.75) is 12.3 Å². The summed E-state index contributed by atoms with van der Waals surface area (Å²) in [6.45, 7) is 3.80. The van der Waals surface area contributed by atoms with Crippen molar-refractivity contribution in [3.63, 3.8) is 0 Å². The lowest BCUT2D eigenvalue weighted by Crippen LogP contribution is -3.19. The Kier molecular flexibility index (Phi) is 6.01. The zero-order valence-corrected chi connectivity index (χ0v) is 17.3. The fourth-order valence-corrected chi connectivity index (χ4v) is 4.51.